The summed E-state index contributed by atoms with van der Waals surface area (Å²) in [6.07, 6.45) is 0. The largest absolute Gasteiger partial charge is 0.486 e. The molecule has 0 radical (unpaired) electrons. The van der Waals surface area contributed by atoms with Gasteiger partial charge in [0.1, 0.15) is 17.4 Å². The normalized spacial score (nSPS) is 14.3. The highest BCUT2D eigenvalue weighted by molar-refractivity contribution is 7.09. The molecule has 5 rings (SSSR count). The van der Waals surface area contributed by atoms with Gasteiger partial charge in [0, 0.05) is 42.8 Å². The Kier molecular flexibility index (Phi) is 7.21. The Bertz CT molecular complexity index is 1190. The van der Waals surface area contributed by atoms with Crippen molar-refractivity contribution in [1.82, 2.24) is 14.8 Å². The molecule has 0 saturated carbocycles. The number of carbonyl (C=O) groups excluding carboxylic acids is 1. The highest BCUT2D eigenvalue weighted by Crippen LogP contribution is 2.29. The standard InChI is InChI=1S/C29H29N3O2S/c1-22-21-35-27(30-22)20-34-26-14-12-25(13-15-26)29(33)32-18-16-31(17-19-32)28(23-8-4-2-5-9-23)24-10-6-3-7-11-24/h2-15,21,28H,16-20H2,1H3. The van der Waals surface area contributed by atoms with E-state index in [1.54, 1.807) is 11.3 Å². The van der Waals surface area contributed by atoms with E-state index >= 15 is 0 Å². The minimum Gasteiger partial charge on any atom is -0.486 e. The number of nitrogens with zero attached hydrogens (tertiary/aromatic N) is 3. The second-order valence-corrected chi connectivity index (χ2v) is 9.69. The highest BCUT2D eigenvalue weighted by atomic mass is 32.1. The van der Waals surface area contributed by atoms with Gasteiger partial charge in [0.2, 0.25) is 0 Å². The molecular formula is C29H29N3O2S. The van der Waals surface area contributed by atoms with Gasteiger partial charge in [0.15, 0.2) is 0 Å². The first-order chi connectivity index (χ1) is 17.2. The maximum absolute atomic E-state index is 13.2. The Morgan fingerprint density at radius 1 is 0.886 bits per heavy atom. The molecule has 0 bridgehead atoms. The molecule has 2 heterocycles. The minimum absolute atomic E-state index is 0.0720. The number of aromatic nitrogens is 1. The molecule has 178 valence electrons. The summed E-state index contributed by atoms with van der Waals surface area (Å²) >= 11 is 1.59. The highest BCUT2D eigenvalue weighted by Gasteiger charge is 2.28. The van der Waals surface area contributed by atoms with Gasteiger partial charge in [-0.25, -0.2) is 4.98 Å². The van der Waals surface area contributed by atoms with E-state index in [4.69, 9.17) is 4.74 Å². The molecule has 1 aliphatic rings. The van der Waals surface area contributed by atoms with Crippen molar-refractivity contribution in [3.63, 3.8) is 0 Å². The van der Waals surface area contributed by atoms with Crippen LogP contribution in [0.2, 0.25) is 0 Å². The third-order valence-electron chi connectivity index (χ3n) is 6.33. The van der Waals surface area contributed by atoms with Gasteiger partial charge in [-0.2, -0.15) is 0 Å². The molecule has 5 nitrogen and oxygen atoms in total. The number of piperazine rings is 1. The first-order valence-electron chi connectivity index (χ1n) is 11.9. The Morgan fingerprint density at radius 2 is 1.49 bits per heavy atom. The monoisotopic (exact) mass is 483 g/mol. The number of benzene rings is 3. The van der Waals surface area contributed by atoms with E-state index in [0.717, 1.165) is 29.5 Å². The molecule has 0 aliphatic carbocycles. The van der Waals surface area contributed by atoms with Crippen molar-refractivity contribution in [2.75, 3.05) is 26.2 Å². The summed E-state index contributed by atoms with van der Waals surface area (Å²) in [5, 5.41) is 2.96. The average Bonchev–Trinajstić information content (AvgIpc) is 3.34. The fourth-order valence-corrected chi connectivity index (χ4v) is 5.24. The van der Waals surface area contributed by atoms with Crippen LogP contribution in [0.5, 0.6) is 5.75 Å². The fourth-order valence-electron chi connectivity index (χ4n) is 4.56. The van der Waals surface area contributed by atoms with E-state index in [2.05, 4.69) is 70.5 Å². The van der Waals surface area contributed by atoms with Crippen LogP contribution >= 0.6 is 11.3 Å². The van der Waals surface area contributed by atoms with E-state index in [1.165, 1.54) is 11.1 Å². The quantitative estimate of drug-likeness (QED) is 0.344. The lowest BCUT2D eigenvalue weighted by Gasteiger charge is -2.39. The summed E-state index contributed by atoms with van der Waals surface area (Å²) in [6, 6.07) is 28.9. The maximum atomic E-state index is 13.2. The van der Waals surface area contributed by atoms with Crippen molar-refractivity contribution in [1.29, 1.82) is 0 Å². The molecule has 0 N–H and O–H groups in total. The number of thiazole rings is 1. The topological polar surface area (TPSA) is 45.7 Å². The van der Waals surface area contributed by atoms with Gasteiger partial charge in [-0.15, -0.1) is 11.3 Å². The van der Waals surface area contributed by atoms with Crippen LogP contribution < -0.4 is 4.74 Å². The van der Waals surface area contributed by atoms with Crippen LogP contribution in [0.25, 0.3) is 0 Å². The lowest BCUT2D eigenvalue weighted by Crippen LogP contribution is -2.49. The van der Waals surface area contributed by atoms with Crippen LogP contribution in [0, 0.1) is 6.92 Å². The number of aryl methyl sites for hydroxylation is 1. The second kappa shape index (κ2) is 10.8. The molecule has 0 unspecified atom stereocenters. The summed E-state index contributed by atoms with van der Waals surface area (Å²) < 4.78 is 5.83. The van der Waals surface area contributed by atoms with E-state index in [-0.39, 0.29) is 11.9 Å². The van der Waals surface area contributed by atoms with Crippen LogP contribution in [0.1, 0.15) is 38.2 Å². The molecule has 35 heavy (non-hydrogen) atoms. The Morgan fingerprint density at radius 3 is 2.03 bits per heavy atom. The first kappa shape index (κ1) is 23.3. The molecule has 6 heteroatoms. The fraction of sp³-hybridized carbons (Fsp3) is 0.241. The molecule has 1 aromatic heterocycles. The lowest BCUT2D eigenvalue weighted by atomic mass is 9.96. The van der Waals surface area contributed by atoms with E-state index in [0.29, 0.717) is 25.3 Å². The number of rotatable bonds is 7. The van der Waals surface area contributed by atoms with Crippen molar-refractivity contribution >= 4 is 17.2 Å². The summed E-state index contributed by atoms with van der Waals surface area (Å²) in [7, 11) is 0. The molecule has 4 aromatic rings. The van der Waals surface area contributed by atoms with Crippen LogP contribution in [0.4, 0.5) is 0 Å². The van der Waals surface area contributed by atoms with Crippen molar-refractivity contribution in [3.8, 4) is 5.75 Å². The van der Waals surface area contributed by atoms with Crippen molar-refractivity contribution in [2.45, 2.75) is 19.6 Å². The summed E-state index contributed by atoms with van der Waals surface area (Å²) in [5.41, 5.74) is 4.26. The van der Waals surface area contributed by atoms with Crippen LogP contribution in [-0.2, 0) is 6.61 Å². The van der Waals surface area contributed by atoms with Crippen molar-refractivity contribution in [2.24, 2.45) is 0 Å². The van der Waals surface area contributed by atoms with Gasteiger partial charge >= 0.3 is 0 Å². The number of amides is 1. The van der Waals surface area contributed by atoms with Crippen molar-refractivity contribution < 1.29 is 9.53 Å². The third-order valence-corrected chi connectivity index (χ3v) is 7.27. The van der Waals surface area contributed by atoms with Gasteiger partial charge in [-0.1, -0.05) is 60.7 Å². The Labute approximate surface area is 210 Å². The molecule has 1 fully saturated rings. The molecule has 3 aromatic carbocycles. The molecule has 1 aliphatic heterocycles. The summed E-state index contributed by atoms with van der Waals surface area (Å²) in [5.74, 6) is 0.815. The zero-order chi connectivity index (χ0) is 24.0. The molecule has 1 saturated heterocycles. The van der Waals surface area contributed by atoms with E-state index in [9.17, 15) is 4.79 Å². The molecule has 0 spiro atoms. The Balaban J connectivity index is 1.21. The lowest BCUT2D eigenvalue weighted by molar-refractivity contribution is 0.0597. The second-order valence-electron chi connectivity index (χ2n) is 8.75. The van der Waals surface area contributed by atoms with Crippen molar-refractivity contribution in [3.05, 3.63) is 118 Å². The number of ether oxygens (including phenoxy) is 1. The van der Waals surface area contributed by atoms with Gasteiger partial charge in [0.05, 0.1) is 6.04 Å². The number of carbonyl (C=O) groups is 1. The SMILES string of the molecule is Cc1csc(COc2ccc(C(=O)N3CCN(C(c4ccccc4)c4ccccc4)CC3)cc2)n1. The summed E-state index contributed by atoms with van der Waals surface area (Å²) in [4.78, 5) is 22.0. The smallest absolute Gasteiger partial charge is 0.253 e. The van der Waals surface area contributed by atoms with Gasteiger partial charge in [-0.3, -0.25) is 9.69 Å². The van der Waals surface area contributed by atoms with Crippen LogP contribution in [0.3, 0.4) is 0 Å². The number of hydrogen-bond donors (Lipinski definition) is 0. The Hall–Kier alpha value is -3.48. The predicted octanol–water partition coefficient (Wildman–Crippen LogP) is 5.58. The molecular weight excluding hydrogens is 454 g/mol. The first-order valence-corrected chi connectivity index (χ1v) is 12.8. The number of hydrogen-bond acceptors (Lipinski definition) is 5. The predicted molar refractivity (Wildman–Crippen MR) is 140 cm³/mol. The zero-order valence-corrected chi connectivity index (χ0v) is 20.7. The van der Waals surface area contributed by atoms with Gasteiger partial charge in [-0.05, 0) is 42.3 Å². The van der Waals surface area contributed by atoms with Crippen LogP contribution in [-0.4, -0.2) is 46.9 Å². The van der Waals surface area contributed by atoms with E-state index in [1.807, 2.05) is 41.5 Å². The van der Waals surface area contributed by atoms with Crippen LogP contribution in [0.15, 0.2) is 90.3 Å². The minimum atomic E-state index is 0.0720. The van der Waals surface area contributed by atoms with E-state index < -0.39 is 0 Å². The maximum Gasteiger partial charge on any atom is 0.253 e. The van der Waals surface area contributed by atoms with Gasteiger partial charge in [0.25, 0.3) is 5.91 Å². The molecule has 1 amide bonds. The van der Waals surface area contributed by atoms with Gasteiger partial charge < -0.3 is 9.64 Å². The summed E-state index contributed by atoms with van der Waals surface area (Å²) in [6.45, 7) is 5.48. The average molecular weight is 484 g/mol. The zero-order valence-electron chi connectivity index (χ0n) is 19.8. The third kappa shape index (κ3) is 5.61. The molecule has 0 atom stereocenters.